The number of carboxylic acid groups (broad SMARTS) is 1. The molecule has 100 valence electrons. The van der Waals surface area contributed by atoms with Gasteiger partial charge in [0.05, 0.1) is 5.41 Å². The molecule has 0 heterocycles. The van der Waals surface area contributed by atoms with Gasteiger partial charge in [-0.15, -0.1) is 0 Å². The summed E-state index contributed by atoms with van der Waals surface area (Å²) >= 11 is 0. The van der Waals surface area contributed by atoms with E-state index in [1.54, 1.807) is 0 Å². The first kappa shape index (κ1) is 14.5. The summed E-state index contributed by atoms with van der Waals surface area (Å²) in [6.07, 6.45) is 11.1. The standard InChI is InChI=1S/C15H28O2/c1-3-5-6-7-8-10-15(14(16)17)11-9-13(4-2)12-15/h13H,3-12H2,1-2H3,(H,16,17). The second-order valence-electron chi connectivity index (χ2n) is 5.77. The Morgan fingerprint density at radius 3 is 2.47 bits per heavy atom. The van der Waals surface area contributed by atoms with Gasteiger partial charge < -0.3 is 5.11 Å². The Hall–Kier alpha value is -0.530. The van der Waals surface area contributed by atoms with Crippen LogP contribution in [0.2, 0.25) is 0 Å². The van der Waals surface area contributed by atoms with E-state index in [0.29, 0.717) is 5.92 Å². The molecule has 1 aliphatic carbocycles. The highest BCUT2D eigenvalue weighted by Crippen LogP contribution is 2.46. The van der Waals surface area contributed by atoms with Gasteiger partial charge >= 0.3 is 5.97 Å². The van der Waals surface area contributed by atoms with Crippen molar-refractivity contribution in [1.29, 1.82) is 0 Å². The van der Waals surface area contributed by atoms with Crippen LogP contribution >= 0.6 is 0 Å². The van der Waals surface area contributed by atoms with Crippen molar-refractivity contribution in [3.8, 4) is 0 Å². The van der Waals surface area contributed by atoms with E-state index in [9.17, 15) is 9.90 Å². The Morgan fingerprint density at radius 1 is 1.24 bits per heavy atom. The van der Waals surface area contributed by atoms with Crippen molar-refractivity contribution in [2.45, 2.75) is 78.1 Å². The van der Waals surface area contributed by atoms with Crippen LogP contribution in [0.1, 0.15) is 78.1 Å². The molecule has 2 heteroatoms. The van der Waals surface area contributed by atoms with Crippen LogP contribution in [0.3, 0.4) is 0 Å². The Kier molecular flexibility index (Phi) is 6.01. The van der Waals surface area contributed by atoms with E-state index in [-0.39, 0.29) is 5.41 Å². The first-order valence-electron chi connectivity index (χ1n) is 7.38. The smallest absolute Gasteiger partial charge is 0.309 e. The van der Waals surface area contributed by atoms with E-state index in [2.05, 4.69) is 13.8 Å². The summed E-state index contributed by atoms with van der Waals surface area (Å²) in [6, 6.07) is 0. The minimum atomic E-state index is -0.538. The zero-order valence-corrected chi connectivity index (χ0v) is 11.5. The van der Waals surface area contributed by atoms with E-state index in [1.165, 1.54) is 25.7 Å². The summed E-state index contributed by atoms with van der Waals surface area (Å²) < 4.78 is 0. The molecule has 2 unspecified atom stereocenters. The molecule has 1 N–H and O–H groups in total. The molecule has 0 spiro atoms. The minimum Gasteiger partial charge on any atom is -0.481 e. The van der Waals surface area contributed by atoms with Crippen molar-refractivity contribution in [1.82, 2.24) is 0 Å². The van der Waals surface area contributed by atoms with Gasteiger partial charge in [0.1, 0.15) is 0 Å². The van der Waals surface area contributed by atoms with Gasteiger partial charge in [-0.3, -0.25) is 4.79 Å². The molecule has 1 rings (SSSR count). The fourth-order valence-electron chi connectivity index (χ4n) is 3.18. The maximum atomic E-state index is 11.5. The topological polar surface area (TPSA) is 37.3 Å². The number of aliphatic carboxylic acids is 1. The molecule has 0 aromatic carbocycles. The Labute approximate surface area is 106 Å². The second-order valence-corrected chi connectivity index (χ2v) is 5.77. The molecule has 0 bridgehead atoms. The molecule has 0 aliphatic heterocycles. The van der Waals surface area contributed by atoms with Crippen molar-refractivity contribution in [2.24, 2.45) is 11.3 Å². The zero-order chi connectivity index (χ0) is 12.7. The Morgan fingerprint density at radius 2 is 1.94 bits per heavy atom. The SMILES string of the molecule is CCCCCCCC1(C(=O)O)CCC(CC)C1. The fraction of sp³-hybridized carbons (Fsp3) is 0.933. The molecule has 0 aromatic rings. The van der Waals surface area contributed by atoms with Gasteiger partial charge in [0.15, 0.2) is 0 Å². The molecule has 0 aromatic heterocycles. The van der Waals surface area contributed by atoms with E-state index in [4.69, 9.17) is 0 Å². The van der Waals surface area contributed by atoms with Crippen molar-refractivity contribution in [3.63, 3.8) is 0 Å². The second kappa shape index (κ2) is 7.03. The molecule has 0 radical (unpaired) electrons. The van der Waals surface area contributed by atoms with E-state index >= 15 is 0 Å². The van der Waals surface area contributed by atoms with Gasteiger partial charge in [0, 0.05) is 0 Å². The van der Waals surface area contributed by atoms with Crippen molar-refractivity contribution in [2.75, 3.05) is 0 Å². The molecule has 2 atom stereocenters. The third kappa shape index (κ3) is 4.01. The quantitative estimate of drug-likeness (QED) is 0.628. The van der Waals surface area contributed by atoms with Crippen LogP contribution in [0, 0.1) is 11.3 Å². The average Bonchev–Trinajstić information content (AvgIpc) is 2.74. The largest absolute Gasteiger partial charge is 0.481 e. The summed E-state index contributed by atoms with van der Waals surface area (Å²) in [7, 11) is 0. The third-order valence-electron chi connectivity index (χ3n) is 4.50. The van der Waals surface area contributed by atoms with Crippen molar-refractivity contribution >= 4 is 5.97 Å². The highest BCUT2D eigenvalue weighted by molar-refractivity contribution is 5.75. The number of hydrogen-bond acceptors (Lipinski definition) is 1. The number of carbonyl (C=O) groups is 1. The molecular weight excluding hydrogens is 212 g/mol. The van der Waals surface area contributed by atoms with Crippen LogP contribution in [0.25, 0.3) is 0 Å². The van der Waals surface area contributed by atoms with Crippen LogP contribution in [0.4, 0.5) is 0 Å². The molecule has 1 aliphatic rings. The van der Waals surface area contributed by atoms with Crippen LogP contribution in [-0.2, 0) is 4.79 Å². The maximum absolute atomic E-state index is 11.5. The molecule has 1 saturated carbocycles. The lowest BCUT2D eigenvalue weighted by Gasteiger charge is -2.24. The number of carboxylic acids is 1. The van der Waals surface area contributed by atoms with E-state index < -0.39 is 5.97 Å². The third-order valence-corrected chi connectivity index (χ3v) is 4.50. The van der Waals surface area contributed by atoms with Crippen molar-refractivity contribution in [3.05, 3.63) is 0 Å². The Bertz CT molecular complexity index is 237. The van der Waals surface area contributed by atoms with Gasteiger partial charge in [-0.25, -0.2) is 0 Å². The lowest BCUT2D eigenvalue weighted by atomic mass is 9.80. The predicted molar refractivity (Wildman–Crippen MR) is 71.1 cm³/mol. The van der Waals surface area contributed by atoms with Gasteiger partial charge in [-0.2, -0.15) is 0 Å². The van der Waals surface area contributed by atoms with Crippen LogP contribution in [0.15, 0.2) is 0 Å². The van der Waals surface area contributed by atoms with Crippen LogP contribution in [-0.4, -0.2) is 11.1 Å². The first-order chi connectivity index (χ1) is 8.14. The van der Waals surface area contributed by atoms with Crippen LogP contribution < -0.4 is 0 Å². The summed E-state index contributed by atoms with van der Waals surface area (Å²) in [5.74, 6) is 0.116. The predicted octanol–water partition coefficient (Wildman–Crippen LogP) is 4.63. The minimum absolute atomic E-state index is 0.368. The average molecular weight is 240 g/mol. The maximum Gasteiger partial charge on any atom is 0.309 e. The molecule has 2 nitrogen and oxygen atoms in total. The summed E-state index contributed by atoms with van der Waals surface area (Å²) in [6.45, 7) is 4.39. The zero-order valence-electron chi connectivity index (χ0n) is 11.5. The highest BCUT2D eigenvalue weighted by Gasteiger charge is 2.44. The molecule has 1 fully saturated rings. The molecular formula is C15H28O2. The van der Waals surface area contributed by atoms with Crippen molar-refractivity contribution < 1.29 is 9.90 Å². The van der Waals surface area contributed by atoms with E-state index in [0.717, 1.165) is 38.5 Å². The number of rotatable bonds is 8. The van der Waals surface area contributed by atoms with Gasteiger partial charge in [0.2, 0.25) is 0 Å². The van der Waals surface area contributed by atoms with E-state index in [1.807, 2.05) is 0 Å². The Balaban J connectivity index is 2.37. The first-order valence-corrected chi connectivity index (χ1v) is 7.38. The fourth-order valence-corrected chi connectivity index (χ4v) is 3.18. The molecule has 0 amide bonds. The van der Waals surface area contributed by atoms with Crippen LogP contribution in [0.5, 0.6) is 0 Å². The summed E-state index contributed by atoms with van der Waals surface area (Å²) in [5, 5.41) is 9.48. The normalized spacial score (nSPS) is 28.5. The van der Waals surface area contributed by atoms with Gasteiger partial charge in [-0.1, -0.05) is 52.4 Å². The molecule has 0 saturated heterocycles. The lowest BCUT2D eigenvalue weighted by Crippen LogP contribution is -2.28. The summed E-state index contributed by atoms with van der Waals surface area (Å²) in [4.78, 5) is 11.5. The summed E-state index contributed by atoms with van der Waals surface area (Å²) in [5.41, 5.74) is -0.368. The monoisotopic (exact) mass is 240 g/mol. The highest BCUT2D eigenvalue weighted by atomic mass is 16.4. The van der Waals surface area contributed by atoms with Gasteiger partial charge in [0.25, 0.3) is 0 Å². The van der Waals surface area contributed by atoms with Gasteiger partial charge in [-0.05, 0) is 31.6 Å². The molecule has 17 heavy (non-hydrogen) atoms. The number of hydrogen-bond donors (Lipinski definition) is 1. The lowest BCUT2D eigenvalue weighted by molar-refractivity contribution is -0.149. The number of unbranched alkanes of at least 4 members (excludes halogenated alkanes) is 4.